The van der Waals surface area contributed by atoms with Crippen molar-refractivity contribution in [2.24, 2.45) is 10.2 Å². The number of azo groups is 1. The zero-order valence-electron chi connectivity index (χ0n) is 10.4. The van der Waals surface area contributed by atoms with E-state index in [1.54, 1.807) is 33.4 Å². The minimum Gasteiger partial charge on any atom is -0.495 e. The summed E-state index contributed by atoms with van der Waals surface area (Å²) in [5.41, 5.74) is 0.575. The number of hydrogen-bond acceptors (Lipinski definition) is 7. The maximum Gasteiger partial charge on any atom is 0.147 e. The summed E-state index contributed by atoms with van der Waals surface area (Å²) in [6, 6.07) is 3.42. The van der Waals surface area contributed by atoms with Gasteiger partial charge in [-0.05, 0) is 0 Å². The van der Waals surface area contributed by atoms with Gasteiger partial charge in [0.15, 0.2) is 0 Å². The van der Waals surface area contributed by atoms with Crippen LogP contribution in [-0.4, -0.2) is 21.3 Å². The molecule has 0 saturated heterocycles. The number of benzene rings is 1. The molecule has 98 valence electrons. The van der Waals surface area contributed by atoms with Crippen LogP contribution in [0.2, 0.25) is 0 Å². The SMILES string of the molecule is C=COOSc1cc(OC)c(N=NC)cc1OC. The summed E-state index contributed by atoms with van der Waals surface area (Å²) in [4.78, 5) is 5.26. The molecule has 0 aromatic heterocycles. The summed E-state index contributed by atoms with van der Waals surface area (Å²) in [5.74, 6) is 1.14. The van der Waals surface area contributed by atoms with Crippen LogP contribution < -0.4 is 9.47 Å². The van der Waals surface area contributed by atoms with E-state index in [2.05, 4.69) is 21.7 Å². The number of rotatable bonds is 7. The fourth-order valence-electron chi connectivity index (χ4n) is 1.19. The molecule has 0 saturated carbocycles. The van der Waals surface area contributed by atoms with E-state index < -0.39 is 0 Å². The molecule has 1 aromatic rings. The molecule has 0 unspecified atom stereocenters. The van der Waals surface area contributed by atoms with Gasteiger partial charge in [0.25, 0.3) is 0 Å². The number of nitrogens with zero attached hydrogens (tertiary/aromatic N) is 2. The van der Waals surface area contributed by atoms with E-state index >= 15 is 0 Å². The molecular formula is C11H14N2O4S. The highest BCUT2D eigenvalue weighted by Gasteiger charge is 2.12. The molecule has 0 spiro atoms. The number of methoxy groups -OCH3 is 2. The molecule has 0 N–H and O–H groups in total. The molecule has 1 rings (SSSR count). The van der Waals surface area contributed by atoms with Gasteiger partial charge in [-0.2, -0.15) is 10.2 Å². The normalized spacial score (nSPS) is 10.4. The minimum atomic E-state index is 0.561. The number of hydrogen-bond donors (Lipinski definition) is 0. The molecule has 0 atom stereocenters. The third kappa shape index (κ3) is 3.64. The standard InChI is InChI=1S/C11H14N2O4S/c1-5-16-17-18-11-7-9(14-3)8(13-12-2)6-10(11)15-4/h5-7H,1H2,2-4H3. The van der Waals surface area contributed by atoms with Gasteiger partial charge in [0, 0.05) is 19.2 Å². The van der Waals surface area contributed by atoms with Crippen molar-refractivity contribution >= 4 is 17.7 Å². The van der Waals surface area contributed by atoms with E-state index in [0.717, 1.165) is 12.0 Å². The van der Waals surface area contributed by atoms with Gasteiger partial charge in [-0.3, -0.25) is 0 Å². The first kappa shape index (κ1) is 14.3. The molecule has 0 aliphatic carbocycles. The molecule has 0 aliphatic heterocycles. The fraction of sp³-hybridized carbons (Fsp3) is 0.273. The van der Waals surface area contributed by atoms with E-state index in [1.165, 1.54) is 6.26 Å². The Morgan fingerprint density at radius 1 is 1.22 bits per heavy atom. The van der Waals surface area contributed by atoms with Crippen molar-refractivity contribution in [3.63, 3.8) is 0 Å². The van der Waals surface area contributed by atoms with Crippen LogP contribution in [0.4, 0.5) is 5.69 Å². The van der Waals surface area contributed by atoms with Crippen molar-refractivity contribution < 1.29 is 18.7 Å². The maximum atomic E-state index is 5.22. The van der Waals surface area contributed by atoms with Crippen LogP contribution in [0, 0.1) is 0 Å². The Hall–Kier alpha value is -1.73. The minimum absolute atomic E-state index is 0.561. The van der Waals surface area contributed by atoms with Gasteiger partial charge in [-0.15, -0.1) is 4.33 Å². The van der Waals surface area contributed by atoms with Gasteiger partial charge >= 0.3 is 0 Å². The van der Waals surface area contributed by atoms with E-state index in [1.807, 2.05) is 0 Å². The summed E-state index contributed by atoms with van der Waals surface area (Å²) in [7, 11) is 4.68. The lowest BCUT2D eigenvalue weighted by Gasteiger charge is -2.10. The van der Waals surface area contributed by atoms with Crippen LogP contribution in [0.15, 0.2) is 40.1 Å². The summed E-state index contributed by atoms with van der Waals surface area (Å²) in [5, 5.41) is 7.65. The van der Waals surface area contributed by atoms with E-state index in [4.69, 9.17) is 13.8 Å². The zero-order valence-corrected chi connectivity index (χ0v) is 11.2. The topological polar surface area (TPSA) is 61.6 Å². The summed E-state index contributed by atoms with van der Waals surface area (Å²) < 4.78 is 15.2. The number of ether oxygens (including phenoxy) is 2. The Bertz CT molecular complexity index is 437. The third-order valence-corrected chi connectivity index (χ3v) is 2.55. The first-order valence-electron chi connectivity index (χ1n) is 4.93. The van der Waals surface area contributed by atoms with E-state index in [9.17, 15) is 0 Å². The second kappa shape index (κ2) is 7.57. The average molecular weight is 270 g/mol. The lowest BCUT2D eigenvalue weighted by Crippen LogP contribution is -1.90. The highest BCUT2D eigenvalue weighted by atomic mass is 32.2. The Kier molecular flexibility index (Phi) is 6.03. The van der Waals surface area contributed by atoms with Gasteiger partial charge in [0.2, 0.25) is 0 Å². The molecule has 0 bridgehead atoms. The largest absolute Gasteiger partial charge is 0.495 e. The smallest absolute Gasteiger partial charge is 0.147 e. The van der Waals surface area contributed by atoms with Crippen LogP contribution in [0.25, 0.3) is 0 Å². The van der Waals surface area contributed by atoms with Crippen LogP contribution >= 0.6 is 12.0 Å². The highest BCUT2D eigenvalue weighted by Crippen LogP contribution is 2.40. The van der Waals surface area contributed by atoms with Gasteiger partial charge in [0.05, 0.1) is 31.2 Å². The van der Waals surface area contributed by atoms with Gasteiger partial charge < -0.3 is 14.4 Å². The third-order valence-electron chi connectivity index (χ3n) is 1.90. The molecular weight excluding hydrogens is 256 g/mol. The Balaban J connectivity index is 3.05. The van der Waals surface area contributed by atoms with Crippen LogP contribution in [0.1, 0.15) is 0 Å². The van der Waals surface area contributed by atoms with Crippen molar-refractivity contribution in [3.05, 3.63) is 25.0 Å². The lowest BCUT2D eigenvalue weighted by molar-refractivity contribution is -0.129. The van der Waals surface area contributed by atoms with Crippen LogP contribution in [-0.2, 0) is 9.22 Å². The molecule has 0 heterocycles. The maximum absolute atomic E-state index is 5.22. The van der Waals surface area contributed by atoms with Crippen molar-refractivity contribution in [1.29, 1.82) is 0 Å². The van der Waals surface area contributed by atoms with Gasteiger partial charge in [-0.25, -0.2) is 0 Å². The van der Waals surface area contributed by atoms with Crippen molar-refractivity contribution in [1.82, 2.24) is 0 Å². The first-order valence-corrected chi connectivity index (χ1v) is 5.67. The molecule has 18 heavy (non-hydrogen) atoms. The molecule has 6 nitrogen and oxygen atoms in total. The van der Waals surface area contributed by atoms with Crippen molar-refractivity contribution in [3.8, 4) is 11.5 Å². The van der Waals surface area contributed by atoms with Gasteiger partial charge in [0.1, 0.15) is 23.4 Å². The molecule has 0 aliphatic rings. The van der Waals surface area contributed by atoms with Crippen molar-refractivity contribution in [2.75, 3.05) is 21.3 Å². The summed E-state index contributed by atoms with van der Waals surface area (Å²) >= 11 is 0.982. The summed E-state index contributed by atoms with van der Waals surface area (Å²) in [6.45, 7) is 3.36. The average Bonchev–Trinajstić information content (AvgIpc) is 2.40. The summed E-state index contributed by atoms with van der Waals surface area (Å²) in [6.07, 6.45) is 1.18. The van der Waals surface area contributed by atoms with Gasteiger partial charge in [-0.1, -0.05) is 6.58 Å². The second-order valence-corrected chi connectivity index (χ2v) is 3.63. The van der Waals surface area contributed by atoms with E-state index in [0.29, 0.717) is 22.1 Å². The monoisotopic (exact) mass is 270 g/mol. The highest BCUT2D eigenvalue weighted by molar-refractivity contribution is 7.94. The molecule has 7 heteroatoms. The Morgan fingerprint density at radius 3 is 2.50 bits per heavy atom. The lowest BCUT2D eigenvalue weighted by atomic mass is 10.3. The molecule has 0 radical (unpaired) electrons. The van der Waals surface area contributed by atoms with Crippen LogP contribution in [0.3, 0.4) is 0 Å². The Labute approximate surface area is 110 Å². The quantitative estimate of drug-likeness (QED) is 0.189. The molecule has 1 aromatic carbocycles. The molecule has 0 fully saturated rings. The van der Waals surface area contributed by atoms with Crippen molar-refractivity contribution in [2.45, 2.75) is 4.90 Å². The predicted octanol–water partition coefficient (Wildman–Crippen LogP) is 3.52. The van der Waals surface area contributed by atoms with E-state index in [-0.39, 0.29) is 0 Å². The zero-order chi connectivity index (χ0) is 13.4. The first-order chi connectivity index (χ1) is 8.76. The Morgan fingerprint density at radius 2 is 1.94 bits per heavy atom. The predicted molar refractivity (Wildman–Crippen MR) is 68.2 cm³/mol. The van der Waals surface area contributed by atoms with Crippen LogP contribution in [0.5, 0.6) is 11.5 Å². The molecule has 0 amide bonds. The fourth-order valence-corrected chi connectivity index (χ4v) is 1.74. The second-order valence-electron chi connectivity index (χ2n) is 2.89.